The second-order valence-electron chi connectivity index (χ2n) is 20.5. The molecule has 0 spiro atoms. The molecule has 3 aromatic rings. The van der Waals surface area contributed by atoms with Crippen LogP contribution in [-0.4, -0.2) is 151 Å². The number of allylic oxidation sites excluding steroid dienone is 7. The molecule has 74 heavy (non-hydrogen) atoms. The van der Waals surface area contributed by atoms with E-state index in [2.05, 4.69) is 53.9 Å². The van der Waals surface area contributed by atoms with Crippen LogP contribution in [0.25, 0.3) is 1.43 Å². The summed E-state index contributed by atoms with van der Waals surface area (Å²) >= 11 is 0. The number of anilines is 1. The number of aliphatic carboxylic acids is 1. The first-order chi connectivity index (χ1) is 37.6. The van der Waals surface area contributed by atoms with Crippen LogP contribution in [0.5, 0.6) is 5.75 Å². The number of likely N-dealkylation sites (N-methyl/N-ethyl adjacent to an activating group) is 1. The minimum absolute atomic E-state index is 0.0236. The molecule has 5 amide bonds. The van der Waals surface area contributed by atoms with Crippen molar-refractivity contribution < 1.29 is 43.9 Å². The Morgan fingerprint density at radius 1 is 0.784 bits per heavy atom. The highest BCUT2D eigenvalue weighted by Gasteiger charge is 2.45. The number of hydrogen-bond acceptors (Lipinski definition) is 8. The lowest BCUT2D eigenvalue weighted by Gasteiger charge is -2.30. The van der Waals surface area contributed by atoms with Gasteiger partial charge in [-0.3, -0.25) is 19.2 Å². The van der Waals surface area contributed by atoms with E-state index in [-0.39, 0.29) is 88.9 Å². The first-order valence-corrected chi connectivity index (χ1v) is 25.6. The van der Waals surface area contributed by atoms with Crippen LogP contribution in [0.3, 0.4) is 0 Å². The number of ether oxygens (including phenoxy) is 1. The minimum Gasteiger partial charge on any atom is -0.481 e. The molecule has 14 nitrogen and oxygen atoms in total. The van der Waals surface area contributed by atoms with E-state index in [1.807, 2.05) is 84.6 Å². The molecule has 0 aromatic heterocycles. The van der Waals surface area contributed by atoms with Crippen LogP contribution >= 0.6 is 0 Å². The summed E-state index contributed by atoms with van der Waals surface area (Å²) in [6.07, 6.45) is 11.2. The van der Waals surface area contributed by atoms with Gasteiger partial charge in [0, 0.05) is 139 Å². The molecule has 0 radical (unpaired) electrons. The van der Waals surface area contributed by atoms with Crippen molar-refractivity contribution in [3.8, 4) is 5.75 Å². The van der Waals surface area contributed by atoms with Crippen molar-refractivity contribution in [2.75, 3.05) is 80.3 Å². The summed E-state index contributed by atoms with van der Waals surface area (Å²) < 4.78 is 50.2. The third kappa shape index (κ3) is 13.2. The number of nitrogens with zero attached hydrogens (tertiary/aromatic N) is 7. The van der Waals surface area contributed by atoms with Crippen LogP contribution in [0, 0.1) is 0 Å². The Morgan fingerprint density at radius 2 is 1.42 bits per heavy atom. The Bertz CT molecular complexity index is 2860. The van der Waals surface area contributed by atoms with E-state index in [0.717, 1.165) is 64.5 Å². The second kappa shape index (κ2) is 24.8. The van der Waals surface area contributed by atoms with Gasteiger partial charge < -0.3 is 39.2 Å². The summed E-state index contributed by atoms with van der Waals surface area (Å²) in [5.74, 6) is -0.117. The van der Waals surface area contributed by atoms with Gasteiger partial charge in [0.25, 0.3) is 1.43 Å². The van der Waals surface area contributed by atoms with Crippen LogP contribution < -0.4 is 9.64 Å². The highest BCUT2D eigenvalue weighted by Crippen LogP contribution is 2.50. The van der Waals surface area contributed by atoms with E-state index in [1.165, 1.54) is 39.3 Å². The van der Waals surface area contributed by atoms with Gasteiger partial charge in [0.2, 0.25) is 23.4 Å². The molecule has 3 aliphatic rings. The predicted octanol–water partition coefficient (Wildman–Crippen LogP) is 9.55. The van der Waals surface area contributed by atoms with Crippen molar-refractivity contribution in [1.82, 2.24) is 24.5 Å². The van der Waals surface area contributed by atoms with E-state index in [9.17, 15) is 24.0 Å². The maximum absolute atomic E-state index is 14.4. The lowest BCUT2D eigenvalue weighted by Crippen LogP contribution is -2.44. The van der Waals surface area contributed by atoms with E-state index >= 15 is 0 Å². The first-order valence-electron chi connectivity index (χ1n) is 28.6. The average Bonchev–Trinajstić information content (AvgIpc) is 3.89. The fourth-order valence-electron chi connectivity index (χ4n) is 9.95. The first kappa shape index (κ1) is 49.3. The molecule has 14 heteroatoms. The lowest BCUT2D eigenvalue weighted by atomic mass is 9.78. The maximum atomic E-state index is 14.4. The van der Waals surface area contributed by atoms with Crippen LogP contribution in [0.1, 0.15) is 109 Å². The number of carbonyl (C=O) groups is 5. The molecule has 4 atom stereocenters. The van der Waals surface area contributed by atoms with E-state index in [4.69, 9.17) is 11.7 Å². The van der Waals surface area contributed by atoms with Gasteiger partial charge in [-0.05, 0) is 113 Å². The standard InChI is InChI=1S/C60H79N7O7/c1-43(30-37-56(71)72)65(9)58(73)64(8)41-21-39-62(6)54(69)36-35-53(68)61(5)38-20-40-63(7)55(70)42-60(4)48-27-16-18-29-50(48)67(11)52(60)34-32-45-23-19-22-44(57(45)74-46-24-13-12-14-25-46)31-33-51-59(2,3)47-26-15-17-28-49(47)66(51)10/h12-18,24-29,31-34,43H,19-23,30,35-42H2,1-11H3/p+1/i10T,11T,38T,41T/hT. The molecule has 1 N–H and O–H groups in total. The number of urea groups is 1. The van der Waals surface area contributed by atoms with Gasteiger partial charge in [-0.2, -0.15) is 4.58 Å². The fourth-order valence-corrected chi connectivity index (χ4v) is 9.95. The number of amides is 5. The summed E-state index contributed by atoms with van der Waals surface area (Å²) in [4.78, 5) is 74.0. The molecule has 1 aliphatic carbocycles. The fraction of sp³-hybridized carbons (Fsp3) is 0.467. The van der Waals surface area contributed by atoms with Crippen molar-refractivity contribution in [3.05, 3.63) is 137 Å². The van der Waals surface area contributed by atoms with Crippen molar-refractivity contribution >= 4 is 46.8 Å². The third-order valence-corrected chi connectivity index (χ3v) is 14.8. The summed E-state index contributed by atoms with van der Waals surface area (Å²) in [7, 11) is 7.86. The number of para-hydroxylation sites is 3. The van der Waals surface area contributed by atoms with Crippen molar-refractivity contribution in [1.29, 1.82) is 1.43 Å². The number of carboxylic acid groups (broad SMARTS) is 1. The van der Waals surface area contributed by atoms with Crippen molar-refractivity contribution in [3.63, 3.8) is 0 Å². The maximum Gasteiger partial charge on any atom is 0.319 e. The summed E-state index contributed by atoms with van der Waals surface area (Å²) in [6, 6.07) is 25.1. The van der Waals surface area contributed by atoms with Gasteiger partial charge in [-0.25, -0.2) is 4.79 Å². The normalized spacial score (nSPS) is 20.1. The Kier molecular flexibility index (Phi) is 16.5. The molecule has 396 valence electrons. The van der Waals surface area contributed by atoms with Crippen LogP contribution in [-0.2, 0) is 30.0 Å². The number of hydrogen-bond donors (Lipinski definition) is 1. The molecule has 2 aliphatic heterocycles. The molecule has 3 aromatic carbocycles. The van der Waals surface area contributed by atoms with Crippen LogP contribution in [0.15, 0.2) is 126 Å². The second-order valence-corrected chi connectivity index (χ2v) is 20.5. The van der Waals surface area contributed by atoms with Gasteiger partial charge in [-0.1, -0.05) is 60.7 Å². The number of fused-ring (bicyclic) bond motifs is 2. The summed E-state index contributed by atoms with van der Waals surface area (Å²) in [6.45, 7) is 6.58. The molecule has 0 bridgehead atoms. The molecule has 2 heterocycles. The zero-order valence-electron chi connectivity index (χ0n) is 49.9. The SMILES string of the molecule is [3H]CN1C(=CC=C2CCCC(C=CC3=[N+](C[3H])c4ccccc4C3(C)C)=C2Oc2ccccc2)C(C)(CC(=O)N(C)CCC([3H])N(C)C(=O)CCC(=O)N(C)CCC([3H])N(C)C(=O)N(C)C(C)CCC(=O)O[3H])c2ccccc21. The quantitative estimate of drug-likeness (QED) is 0.0984. The van der Waals surface area contributed by atoms with Gasteiger partial charge in [-0.15, -0.1) is 0 Å². The monoisotopic (exact) mass is 1020 g/mol. The molecule has 6 rings (SSSR count). The van der Waals surface area contributed by atoms with Crippen molar-refractivity contribution in [2.24, 2.45) is 0 Å². The zero-order chi connectivity index (χ0) is 57.8. The molecule has 0 saturated heterocycles. The van der Waals surface area contributed by atoms with Crippen molar-refractivity contribution in [2.45, 2.75) is 109 Å². The van der Waals surface area contributed by atoms with Gasteiger partial charge in [0.15, 0.2) is 5.71 Å². The van der Waals surface area contributed by atoms with E-state index in [1.54, 1.807) is 33.0 Å². The highest BCUT2D eigenvalue weighted by atomic mass is 16.5. The van der Waals surface area contributed by atoms with Gasteiger partial charge in [0.05, 0.1) is 5.41 Å². The average molecular weight is 1020 g/mol. The number of carboxylic acids is 1. The van der Waals surface area contributed by atoms with Crippen LogP contribution in [0.2, 0.25) is 0 Å². The molecule has 0 saturated carbocycles. The minimum atomic E-state index is -0.990. The number of carbonyl (C=O) groups excluding carboxylic acids is 4. The summed E-state index contributed by atoms with van der Waals surface area (Å²) in [5, 5.41) is 3.94. The smallest absolute Gasteiger partial charge is 0.319 e. The highest BCUT2D eigenvalue weighted by molar-refractivity contribution is 6.03. The number of rotatable bonds is 22. The Morgan fingerprint density at radius 3 is 2.11 bits per heavy atom. The lowest BCUT2D eigenvalue weighted by molar-refractivity contribution is -0.401. The third-order valence-electron chi connectivity index (χ3n) is 14.8. The van der Waals surface area contributed by atoms with E-state index in [0.29, 0.717) is 12.2 Å². The molecule has 4 unspecified atom stereocenters. The predicted molar refractivity (Wildman–Crippen MR) is 294 cm³/mol. The zero-order valence-corrected chi connectivity index (χ0v) is 44.9. The summed E-state index contributed by atoms with van der Waals surface area (Å²) in [5.41, 5.74) is 6.73. The topological polar surface area (TPSA) is 137 Å². The van der Waals surface area contributed by atoms with Gasteiger partial charge in [0.1, 0.15) is 19.9 Å². The number of benzene rings is 3. The Labute approximate surface area is 447 Å². The Balaban J connectivity index is 1.10. The molecular formula is C60H80N7O7+. The Hall–Kier alpha value is -6.96. The molecular weight excluding hydrogens is 931 g/mol. The van der Waals surface area contributed by atoms with E-state index < -0.39 is 36.4 Å². The van der Waals surface area contributed by atoms with Gasteiger partial charge >= 0.3 is 12.0 Å². The largest absolute Gasteiger partial charge is 0.481 e. The molecule has 0 fully saturated rings. The van der Waals surface area contributed by atoms with Crippen LogP contribution in [0.4, 0.5) is 16.2 Å².